The molecule has 0 spiro atoms. The molecule has 1 saturated heterocycles. The number of aromatic nitrogens is 3. The fourth-order valence-electron chi connectivity index (χ4n) is 4.14. The lowest BCUT2D eigenvalue weighted by atomic mass is 10.0. The van der Waals surface area contributed by atoms with Crippen molar-refractivity contribution >= 4 is 17.7 Å². The number of benzene rings is 2. The summed E-state index contributed by atoms with van der Waals surface area (Å²) in [6, 6.07) is 18.3. The van der Waals surface area contributed by atoms with Gasteiger partial charge in [0.15, 0.2) is 5.82 Å². The molecule has 154 valence electrons. The van der Waals surface area contributed by atoms with Crippen LogP contribution in [0, 0.1) is 6.92 Å². The van der Waals surface area contributed by atoms with Crippen molar-refractivity contribution in [3.8, 4) is 11.4 Å². The number of hydrogen-bond donors (Lipinski definition) is 1. The SMILES string of the molecule is Cc1ccc([C@H]2Nn3c(nnc3-c3ccccc3)S[C@H]2C(=O)N2CCCCC2)cc1. The zero-order valence-electron chi connectivity index (χ0n) is 17.0. The molecule has 1 amide bonds. The lowest BCUT2D eigenvalue weighted by Gasteiger charge is -2.37. The molecule has 2 aliphatic heterocycles. The first-order valence-electron chi connectivity index (χ1n) is 10.5. The maximum atomic E-state index is 13.5. The van der Waals surface area contributed by atoms with Gasteiger partial charge in [0.1, 0.15) is 5.25 Å². The van der Waals surface area contributed by atoms with Crippen molar-refractivity contribution in [2.45, 2.75) is 42.6 Å². The third-order valence-electron chi connectivity index (χ3n) is 5.82. The summed E-state index contributed by atoms with van der Waals surface area (Å²) in [4.78, 5) is 15.5. The Balaban J connectivity index is 1.53. The molecule has 7 heteroatoms. The fourth-order valence-corrected chi connectivity index (χ4v) is 5.30. The van der Waals surface area contributed by atoms with Gasteiger partial charge in [0.25, 0.3) is 0 Å². The van der Waals surface area contributed by atoms with Gasteiger partial charge in [0.05, 0.1) is 6.04 Å². The Morgan fingerprint density at radius 3 is 2.47 bits per heavy atom. The lowest BCUT2D eigenvalue weighted by molar-refractivity contribution is -0.131. The quantitative estimate of drug-likeness (QED) is 0.695. The van der Waals surface area contributed by atoms with Crippen molar-refractivity contribution in [2.75, 3.05) is 18.5 Å². The minimum Gasteiger partial charge on any atom is -0.342 e. The Labute approximate surface area is 180 Å². The summed E-state index contributed by atoms with van der Waals surface area (Å²) in [6.07, 6.45) is 3.37. The number of thioether (sulfide) groups is 1. The highest BCUT2D eigenvalue weighted by Crippen LogP contribution is 2.39. The van der Waals surface area contributed by atoms with Gasteiger partial charge < -0.3 is 10.3 Å². The average molecular weight is 420 g/mol. The van der Waals surface area contributed by atoms with Crippen LogP contribution in [0.15, 0.2) is 59.8 Å². The van der Waals surface area contributed by atoms with E-state index in [2.05, 4.69) is 46.8 Å². The van der Waals surface area contributed by atoms with E-state index in [0.29, 0.717) is 0 Å². The van der Waals surface area contributed by atoms with Crippen LogP contribution in [0.25, 0.3) is 11.4 Å². The van der Waals surface area contributed by atoms with Crippen molar-refractivity contribution in [1.82, 2.24) is 19.8 Å². The minimum atomic E-state index is -0.272. The zero-order chi connectivity index (χ0) is 20.5. The molecule has 0 saturated carbocycles. The number of fused-ring (bicyclic) bond motifs is 1. The summed E-state index contributed by atoms with van der Waals surface area (Å²) in [5.74, 6) is 0.951. The number of likely N-dealkylation sites (tertiary alicyclic amines) is 1. The van der Waals surface area contributed by atoms with Crippen molar-refractivity contribution in [1.29, 1.82) is 0 Å². The topological polar surface area (TPSA) is 63.1 Å². The molecule has 0 aliphatic carbocycles. The first-order chi connectivity index (χ1) is 14.7. The highest BCUT2D eigenvalue weighted by atomic mass is 32.2. The molecule has 1 fully saturated rings. The Morgan fingerprint density at radius 1 is 1.00 bits per heavy atom. The number of hydrogen-bond acceptors (Lipinski definition) is 5. The van der Waals surface area contributed by atoms with Gasteiger partial charge in [-0.2, -0.15) is 0 Å². The third kappa shape index (κ3) is 3.58. The van der Waals surface area contributed by atoms with Crippen molar-refractivity contribution in [2.24, 2.45) is 0 Å². The molecule has 0 unspecified atom stereocenters. The largest absolute Gasteiger partial charge is 0.342 e. The maximum Gasteiger partial charge on any atom is 0.238 e. The molecule has 2 atom stereocenters. The molecule has 0 bridgehead atoms. The molecule has 0 radical (unpaired) electrons. The van der Waals surface area contributed by atoms with Crippen molar-refractivity contribution in [3.05, 3.63) is 65.7 Å². The lowest BCUT2D eigenvalue weighted by Crippen LogP contribution is -2.47. The van der Waals surface area contributed by atoms with Gasteiger partial charge in [-0.3, -0.25) is 4.79 Å². The number of rotatable bonds is 3. The van der Waals surface area contributed by atoms with E-state index in [-0.39, 0.29) is 17.2 Å². The van der Waals surface area contributed by atoms with Crippen LogP contribution in [-0.4, -0.2) is 44.0 Å². The smallest absolute Gasteiger partial charge is 0.238 e. The molecule has 1 N–H and O–H groups in total. The molecule has 3 heterocycles. The predicted octanol–water partition coefficient (Wildman–Crippen LogP) is 4.03. The number of piperidine rings is 1. The monoisotopic (exact) mass is 419 g/mol. The van der Waals surface area contributed by atoms with E-state index in [4.69, 9.17) is 0 Å². The number of nitrogens with one attached hydrogen (secondary N) is 1. The van der Waals surface area contributed by atoms with Gasteiger partial charge in [0.2, 0.25) is 11.1 Å². The van der Waals surface area contributed by atoms with Gasteiger partial charge >= 0.3 is 0 Å². The first-order valence-corrected chi connectivity index (χ1v) is 11.4. The molecule has 2 aliphatic rings. The summed E-state index contributed by atoms with van der Waals surface area (Å²) >= 11 is 1.52. The number of aryl methyl sites for hydroxylation is 1. The molecule has 6 nitrogen and oxygen atoms in total. The zero-order valence-corrected chi connectivity index (χ0v) is 17.8. The second-order valence-electron chi connectivity index (χ2n) is 7.95. The van der Waals surface area contributed by atoms with Crippen LogP contribution in [0.5, 0.6) is 0 Å². The van der Waals surface area contributed by atoms with Crippen LogP contribution in [0.4, 0.5) is 0 Å². The second-order valence-corrected chi connectivity index (χ2v) is 9.06. The number of nitrogens with zero attached hydrogens (tertiary/aromatic N) is 4. The van der Waals surface area contributed by atoms with E-state index >= 15 is 0 Å². The summed E-state index contributed by atoms with van der Waals surface area (Å²) in [5, 5.41) is 9.27. The summed E-state index contributed by atoms with van der Waals surface area (Å²) in [7, 11) is 0. The van der Waals surface area contributed by atoms with Crippen molar-refractivity contribution in [3.63, 3.8) is 0 Å². The van der Waals surface area contributed by atoms with E-state index in [1.165, 1.54) is 23.7 Å². The second kappa shape index (κ2) is 8.14. The normalized spacial score (nSPS) is 21.0. The van der Waals surface area contributed by atoms with Crippen LogP contribution < -0.4 is 5.43 Å². The highest BCUT2D eigenvalue weighted by molar-refractivity contribution is 8.00. The van der Waals surface area contributed by atoms with Gasteiger partial charge in [-0.15, -0.1) is 10.2 Å². The minimum absolute atomic E-state index is 0.156. The van der Waals surface area contributed by atoms with Crippen LogP contribution in [0.1, 0.15) is 36.4 Å². The van der Waals surface area contributed by atoms with Crippen LogP contribution >= 0.6 is 11.8 Å². The van der Waals surface area contributed by atoms with Crippen LogP contribution in [-0.2, 0) is 4.79 Å². The van der Waals surface area contributed by atoms with Gasteiger partial charge in [-0.05, 0) is 31.7 Å². The van der Waals surface area contributed by atoms with Crippen molar-refractivity contribution < 1.29 is 4.79 Å². The number of carbonyl (C=O) groups excluding carboxylic acids is 1. The van der Waals surface area contributed by atoms with Gasteiger partial charge in [-0.1, -0.05) is 71.9 Å². The predicted molar refractivity (Wildman–Crippen MR) is 119 cm³/mol. The molecular weight excluding hydrogens is 394 g/mol. The van der Waals surface area contributed by atoms with E-state index in [1.807, 2.05) is 39.9 Å². The van der Waals surface area contributed by atoms with E-state index < -0.39 is 0 Å². The molecule has 1 aromatic heterocycles. The Kier molecular flexibility index (Phi) is 5.21. The van der Waals surface area contributed by atoms with Crippen LogP contribution in [0.2, 0.25) is 0 Å². The Hall–Kier alpha value is -2.80. The molecular formula is C23H25N5OS. The summed E-state index contributed by atoms with van der Waals surface area (Å²) in [6.45, 7) is 3.77. The van der Waals surface area contributed by atoms with Crippen LogP contribution in [0.3, 0.4) is 0 Å². The van der Waals surface area contributed by atoms with Gasteiger partial charge in [0, 0.05) is 18.7 Å². The fraction of sp³-hybridized carbons (Fsp3) is 0.348. The maximum absolute atomic E-state index is 13.5. The summed E-state index contributed by atoms with van der Waals surface area (Å²) < 4.78 is 1.94. The van der Waals surface area contributed by atoms with E-state index in [9.17, 15) is 4.79 Å². The number of amides is 1. The van der Waals surface area contributed by atoms with E-state index in [0.717, 1.165) is 48.0 Å². The Bertz CT molecular complexity index is 1030. The average Bonchev–Trinajstić information content (AvgIpc) is 3.22. The molecule has 3 aromatic rings. The summed E-state index contributed by atoms with van der Waals surface area (Å²) in [5.41, 5.74) is 6.87. The molecule has 2 aromatic carbocycles. The Morgan fingerprint density at radius 2 is 1.73 bits per heavy atom. The number of carbonyl (C=O) groups is 1. The molecule has 5 rings (SSSR count). The van der Waals surface area contributed by atoms with Gasteiger partial charge in [-0.25, -0.2) is 4.68 Å². The standard InChI is InChI=1S/C23H25N5OS/c1-16-10-12-17(13-11-16)19-20(22(29)27-14-6-3-7-15-27)30-23-25-24-21(28(23)26-19)18-8-4-2-5-9-18/h2,4-5,8-13,19-20,26H,3,6-7,14-15H2,1H3/t19-,20-/m1/s1. The van der Waals surface area contributed by atoms with E-state index in [1.54, 1.807) is 0 Å². The highest BCUT2D eigenvalue weighted by Gasteiger charge is 2.40. The molecule has 30 heavy (non-hydrogen) atoms. The first kappa shape index (κ1) is 19.2. The third-order valence-corrected chi connectivity index (χ3v) is 7.02.